The van der Waals surface area contributed by atoms with Crippen molar-refractivity contribution in [2.75, 3.05) is 56.2 Å². The number of hydrogen-bond donors (Lipinski definition) is 1. The SMILES string of the molecule is COCCCNC(=O)c1cnc(N2CCN(c3ncccn3)CC2)nc1. The van der Waals surface area contributed by atoms with E-state index in [0.29, 0.717) is 24.7 Å². The molecule has 0 atom stereocenters. The molecular formula is C17H23N7O2. The molecule has 0 aliphatic carbocycles. The first-order valence-electron chi connectivity index (χ1n) is 8.64. The van der Waals surface area contributed by atoms with Gasteiger partial charge in [-0.2, -0.15) is 0 Å². The maximum Gasteiger partial charge on any atom is 0.254 e. The van der Waals surface area contributed by atoms with Crippen LogP contribution in [0, 0.1) is 0 Å². The van der Waals surface area contributed by atoms with Crippen molar-refractivity contribution in [3.8, 4) is 0 Å². The number of carbonyl (C=O) groups is 1. The molecule has 0 radical (unpaired) electrons. The Hall–Kier alpha value is -2.81. The topological polar surface area (TPSA) is 96.4 Å². The van der Waals surface area contributed by atoms with Crippen LogP contribution in [0.3, 0.4) is 0 Å². The molecule has 2 aromatic heterocycles. The van der Waals surface area contributed by atoms with E-state index in [-0.39, 0.29) is 5.91 Å². The Morgan fingerprint density at radius 3 is 2.19 bits per heavy atom. The Bertz CT molecular complexity index is 688. The fourth-order valence-electron chi connectivity index (χ4n) is 2.68. The molecule has 1 fully saturated rings. The lowest BCUT2D eigenvalue weighted by atomic mass is 10.3. The van der Waals surface area contributed by atoms with Crippen LogP contribution in [0.4, 0.5) is 11.9 Å². The van der Waals surface area contributed by atoms with Gasteiger partial charge in [-0.25, -0.2) is 19.9 Å². The van der Waals surface area contributed by atoms with Crippen LogP contribution >= 0.6 is 0 Å². The third-order valence-corrected chi connectivity index (χ3v) is 4.11. The molecule has 1 N–H and O–H groups in total. The summed E-state index contributed by atoms with van der Waals surface area (Å²) in [6.45, 7) is 4.35. The molecule has 9 nitrogen and oxygen atoms in total. The van der Waals surface area contributed by atoms with Crippen molar-refractivity contribution in [1.82, 2.24) is 25.3 Å². The quantitative estimate of drug-likeness (QED) is 0.710. The Morgan fingerprint density at radius 1 is 1.04 bits per heavy atom. The number of piperazine rings is 1. The zero-order valence-electron chi connectivity index (χ0n) is 14.8. The van der Waals surface area contributed by atoms with Gasteiger partial charge in [0.25, 0.3) is 5.91 Å². The lowest BCUT2D eigenvalue weighted by Crippen LogP contribution is -2.47. The fraction of sp³-hybridized carbons (Fsp3) is 0.471. The van der Waals surface area contributed by atoms with E-state index in [9.17, 15) is 4.79 Å². The second-order valence-electron chi connectivity index (χ2n) is 5.90. The molecule has 1 saturated heterocycles. The van der Waals surface area contributed by atoms with Crippen LogP contribution < -0.4 is 15.1 Å². The predicted molar refractivity (Wildman–Crippen MR) is 97.3 cm³/mol. The first-order chi connectivity index (χ1) is 12.8. The Kier molecular flexibility index (Phi) is 6.26. The third-order valence-electron chi connectivity index (χ3n) is 4.11. The van der Waals surface area contributed by atoms with Gasteiger partial charge in [-0.3, -0.25) is 4.79 Å². The fourth-order valence-corrected chi connectivity index (χ4v) is 2.68. The van der Waals surface area contributed by atoms with Crippen molar-refractivity contribution in [3.05, 3.63) is 36.4 Å². The molecule has 0 saturated carbocycles. The first kappa shape index (κ1) is 18.0. The molecule has 1 amide bonds. The van der Waals surface area contributed by atoms with Crippen LogP contribution in [0.1, 0.15) is 16.8 Å². The van der Waals surface area contributed by atoms with Crippen LogP contribution in [0.25, 0.3) is 0 Å². The largest absolute Gasteiger partial charge is 0.385 e. The summed E-state index contributed by atoms with van der Waals surface area (Å²) in [6.07, 6.45) is 7.41. The van der Waals surface area contributed by atoms with E-state index in [4.69, 9.17) is 4.74 Å². The number of nitrogens with one attached hydrogen (secondary N) is 1. The molecule has 3 rings (SSSR count). The second-order valence-corrected chi connectivity index (χ2v) is 5.90. The summed E-state index contributed by atoms with van der Waals surface area (Å²) < 4.78 is 4.96. The van der Waals surface area contributed by atoms with Gasteiger partial charge in [-0.15, -0.1) is 0 Å². The van der Waals surface area contributed by atoms with Gasteiger partial charge in [-0.05, 0) is 12.5 Å². The van der Waals surface area contributed by atoms with Gasteiger partial charge in [0.05, 0.1) is 5.56 Å². The molecule has 138 valence electrons. The van der Waals surface area contributed by atoms with E-state index < -0.39 is 0 Å². The smallest absolute Gasteiger partial charge is 0.254 e. The van der Waals surface area contributed by atoms with Crippen LogP contribution in [-0.4, -0.2) is 72.3 Å². The van der Waals surface area contributed by atoms with Crippen molar-refractivity contribution in [2.24, 2.45) is 0 Å². The summed E-state index contributed by atoms with van der Waals surface area (Å²) in [6, 6.07) is 1.81. The molecule has 2 aromatic rings. The summed E-state index contributed by atoms with van der Waals surface area (Å²) >= 11 is 0. The number of aromatic nitrogens is 4. The van der Waals surface area contributed by atoms with Gasteiger partial charge in [0.15, 0.2) is 0 Å². The van der Waals surface area contributed by atoms with Crippen molar-refractivity contribution in [2.45, 2.75) is 6.42 Å². The molecule has 9 heteroatoms. The number of carbonyl (C=O) groups excluding carboxylic acids is 1. The highest BCUT2D eigenvalue weighted by Gasteiger charge is 2.20. The monoisotopic (exact) mass is 357 g/mol. The number of ether oxygens (including phenoxy) is 1. The number of nitrogens with zero attached hydrogens (tertiary/aromatic N) is 6. The van der Waals surface area contributed by atoms with Gasteiger partial charge >= 0.3 is 0 Å². The van der Waals surface area contributed by atoms with Crippen molar-refractivity contribution in [1.29, 1.82) is 0 Å². The Labute approximate surface area is 152 Å². The summed E-state index contributed by atoms with van der Waals surface area (Å²) in [5, 5.41) is 2.82. The number of methoxy groups -OCH3 is 1. The molecule has 1 aliphatic heterocycles. The van der Waals surface area contributed by atoms with Gasteiger partial charge in [0.2, 0.25) is 11.9 Å². The lowest BCUT2D eigenvalue weighted by molar-refractivity contribution is 0.0948. The summed E-state index contributed by atoms with van der Waals surface area (Å²) in [7, 11) is 1.64. The molecule has 0 spiro atoms. The maximum atomic E-state index is 12.0. The van der Waals surface area contributed by atoms with Crippen molar-refractivity contribution >= 4 is 17.8 Å². The molecule has 0 aromatic carbocycles. The van der Waals surface area contributed by atoms with E-state index in [2.05, 4.69) is 35.1 Å². The standard InChI is InChI=1S/C17H23N7O2/c1-26-11-3-6-18-15(25)14-12-21-17(22-13-14)24-9-7-23(8-10-24)16-19-4-2-5-20-16/h2,4-5,12-13H,3,6-11H2,1H3,(H,18,25). The highest BCUT2D eigenvalue weighted by Crippen LogP contribution is 2.14. The number of hydrogen-bond acceptors (Lipinski definition) is 8. The predicted octanol–water partition coefficient (Wildman–Crippen LogP) is 0.360. The van der Waals surface area contributed by atoms with E-state index >= 15 is 0 Å². The van der Waals surface area contributed by atoms with Crippen LogP contribution in [-0.2, 0) is 4.74 Å². The van der Waals surface area contributed by atoms with Gasteiger partial charge in [-0.1, -0.05) is 0 Å². The number of amides is 1. The number of anilines is 2. The van der Waals surface area contributed by atoms with Crippen LogP contribution in [0.15, 0.2) is 30.9 Å². The minimum absolute atomic E-state index is 0.168. The Morgan fingerprint density at radius 2 is 1.62 bits per heavy atom. The summed E-state index contributed by atoms with van der Waals surface area (Å²) in [4.78, 5) is 33.5. The summed E-state index contributed by atoms with van der Waals surface area (Å²) in [5.41, 5.74) is 0.461. The van der Waals surface area contributed by atoms with Crippen LogP contribution in [0.2, 0.25) is 0 Å². The molecule has 1 aliphatic rings. The normalized spacial score (nSPS) is 14.3. The highest BCUT2D eigenvalue weighted by atomic mass is 16.5. The third kappa shape index (κ3) is 4.63. The van der Waals surface area contributed by atoms with Crippen LogP contribution in [0.5, 0.6) is 0 Å². The molecule has 26 heavy (non-hydrogen) atoms. The maximum absolute atomic E-state index is 12.0. The van der Waals surface area contributed by atoms with E-state index in [1.54, 1.807) is 31.9 Å². The van der Waals surface area contributed by atoms with Gasteiger partial charge in [0.1, 0.15) is 0 Å². The second kappa shape index (κ2) is 9.04. The highest BCUT2D eigenvalue weighted by molar-refractivity contribution is 5.93. The first-order valence-corrected chi connectivity index (χ1v) is 8.64. The molecule has 3 heterocycles. The van der Waals surface area contributed by atoms with E-state index in [0.717, 1.165) is 38.5 Å². The zero-order chi connectivity index (χ0) is 18.2. The van der Waals surface area contributed by atoms with Crippen molar-refractivity contribution in [3.63, 3.8) is 0 Å². The minimum Gasteiger partial charge on any atom is -0.385 e. The molecule has 0 unspecified atom stereocenters. The zero-order valence-corrected chi connectivity index (χ0v) is 14.8. The van der Waals surface area contributed by atoms with Gasteiger partial charge < -0.3 is 19.9 Å². The molecular weight excluding hydrogens is 334 g/mol. The summed E-state index contributed by atoms with van der Waals surface area (Å²) in [5.74, 6) is 1.21. The van der Waals surface area contributed by atoms with Gasteiger partial charge in [0, 0.05) is 71.2 Å². The average molecular weight is 357 g/mol. The lowest BCUT2D eigenvalue weighted by Gasteiger charge is -2.34. The molecule has 0 bridgehead atoms. The number of rotatable bonds is 7. The minimum atomic E-state index is -0.168. The van der Waals surface area contributed by atoms with E-state index in [1.807, 2.05) is 6.07 Å². The van der Waals surface area contributed by atoms with E-state index in [1.165, 1.54) is 0 Å². The average Bonchev–Trinajstić information content (AvgIpc) is 2.72. The van der Waals surface area contributed by atoms with Crippen molar-refractivity contribution < 1.29 is 9.53 Å². The Balaban J connectivity index is 1.51.